The van der Waals surface area contributed by atoms with Gasteiger partial charge in [-0.1, -0.05) is 18.0 Å². The maximum absolute atomic E-state index is 9.57. The molecule has 14 heavy (non-hydrogen) atoms. The highest BCUT2D eigenvalue weighted by molar-refractivity contribution is 4.89. The van der Waals surface area contributed by atoms with E-state index in [9.17, 15) is 15.3 Å². The Labute approximate surface area is 81.8 Å². The lowest BCUT2D eigenvalue weighted by Crippen LogP contribution is -2.44. The van der Waals surface area contributed by atoms with Crippen LogP contribution in [0.2, 0.25) is 0 Å². The van der Waals surface area contributed by atoms with Crippen molar-refractivity contribution in [3.63, 3.8) is 0 Å². The zero-order valence-electron chi connectivity index (χ0n) is 7.82. The van der Waals surface area contributed by atoms with Crippen molar-refractivity contribution < 1.29 is 15.3 Å². The van der Waals surface area contributed by atoms with Gasteiger partial charge in [-0.25, -0.2) is 0 Å². The first-order valence-electron chi connectivity index (χ1n) is 4.75. The predicted octanol–water partition coefficient (Wildman–Crippen LogP) is 0.322. The standard InChI is InChI=1S/C8H15N3O3/c9-11-10-7-5(12)3-1-2-4-6(13)8(7)14/h5-8,12-14H,1-4H2. The summed E-state index contributed by atoms with van der Waals surface area (Å²) in [6.07, 6.45) is -0.447. The highest BCUT2D eigenvalue weighted by Gasteiger charge is 2.32. The molecule has 1 aliphatic rings. The van der Waals surface area contributed by atoms with Gasteiger partial charge in [-0.05, 0) is 18.4 Å². The van der Waals surface area contributed by atoms with E-state index in [0.29, 0.717) is 12.8 Å². The van der Waals surface area contributed by atoms with Crippen molar-refractivity contribution in [3.8, 4) is 0 Å². The number of rotatable bonds is 1. The molecule has 0 bridgehead atoms. The minimum absolute atomic E-state index is 0.478. The van der Waals surface area contributed by atoms with Crippen molar-refractivity contribution in [2.45, 2.75) is 50.0 Å². The SMILES string of the molecule is [N-]=[N+]=NC1C(O)CCCCC(O)C1O. The van der Waals surface area contributed by atoms with E-state index >= 15 is 0 Å². The Kier molecular flexibility index (Phi) is 4.16. The van der Waals surface area contributed by atoms with Crippen LogP contribution in [0.25, 0.3) is 10.4 Å². The van der Waals surface area contributed by atoms with Crippen LogP contribution in [0.15, 0.2) is 5.11 Å². The van der Waals surface area contributed by atoms with E-state index in [1.54, 1.807) is 0 Å². The third kappa shape index (κ3) is 2.59. The number of azide groups is 1. The summed E-state index contributed by atoms with van der Waals surface area (Å²) in [4.78, 5) is 2.56. The quantitative estimate of drug-likeness (QED) is 0.323. The maximum atomic E-state index is 9.57. The molecule has 0 heterocycles. The molecule has 0 amide bonds. The molecule has 0 aromatic rings. The van der Waals surface area contributed by atoms with Gasteiger partial charge in [0.1, 0.15) is 0 Å². The molecule has 0 aromatic carbocycles. The largest absolute Gasteiger partial charge is 0.393 e. The fraction of sp³-hybridized carbons (Fsp3) is 1.00. The monoisotopic (exact) mass is 201 g/mol. The third-order valence-corrected chi connectivity index (χ3v) is 2.57. The minimum Gasteiger partial charge on any atom is -0.393 e. The van der Waals surface area contributed by atoms with Gasteiger partial charge in [-0.2, -0.15) is 0 Å². The zero-order valence-corrected chi connectivity index (χ0v) is 7.82. The molecule has 1 rings (SSSR count). The molecule has 6 nitrogen and oxygen atoms in total. The summed E-state index contributed by atoms with van der Waals surface area (Å²) in [6, 6.07) is -0.935. The predicted molar refractivity (Wildman–Crippen MR) is 49.4 cm³/mol. The second kappa shape index (κ2) is 5.17. The Bertz CT molecular complexity index is 230. The molecular formula is C8H15N3O3. The Morgan fingerprint density at radius 3 is 2.21 bits per heavy atom. The van der Waals surface area contributed by atoms with Crippen LogP contribution < -0.4 is 0 Å². The van der Waals surface area contributed by atoms with Gasteiger partial charge >= 0.3 is 0 Å². The van der Waals surface area contributed by atoms with Crippen LogP contribution >= 0.6 is 0 Å². The smallest absolute Gasteiger partial charge is 0.0917 e. The van der Waals surface area contributed by atoms with Gasteiger partial charge in [0.05, 0.1) is 24.4 Å². The van der Waals surface area contributed by atoms with Crippen molar-refractivity contribution in [1.29, 1.82) is 0 Å². The van der Waals surface area contributed by atoms with Crippen molar-refractivity contribution in [2.75, 3.05) is 0 Å². The highest BCUT2D eigenvalue weighted by Crippen LogP contribution is 2.21. The molecule has 1 aliphatic carbocycles. The summed E-state index contributed by atoms with van der Waals surface area (Å²) in [5.41, 5.74) is 8.26. The molecule has 6 heteroatoms. The summed E-state index contributed by atoms with van der Waals surface area (Å²) in [5.74, 6) is 0. The Morgan fingerprint density at radius 2 is 1.64 bits per heavy atom. The summed E-state index contributed by atoms with van der Waals surface area (Å²) in [6.45, 7) is 0. The average Bonchev–Trinajstić information content (AvgIpc) is 2.18. The maximum Gasteiger partial charge on any atom is 0.0917 e. The summed E-state index contributed by atoms with van der Waals surface area (Å²) in [7, 11) is 0. The van der Waals surface area contributed by atoms with Gasteiger partial charge in [0, 0.05) is 4.91 Å². The van der Waals surface area contributed by atoms with Gasteiger partial charge in [-0.15, -0.1) is 0 Å². The van der Waals surface area contributed by atoms with E-state index in [1.807, 2.05) is 0 Å². The number of aliphatic hydroxyl groups excluding tert-OH is 3. The molecule has 0 aliphatic heterocycles. The van der Waals surface area contributed by atoms with E-state index in [2.05, 4.69) is 10.0 Å². The van der Waals surface area contributed by atoms with E-state index in [4.69, 9.17) is 5.53 Å². The van der Waals surface area contributed by atoms with E-state index < -0.39 is 24.4 Å². The first-order valence-corrected chi connectivity index (χ1v) is 4.75. The minimum atomic E-state index is -1.17. The van der Waals surface area contributed by atoms with Gasteiger partial charge in [0.2, 0.25) is 0 Å². The molecule has 4 unspecified atom stereocenters. The number of aliphatic hydroxyl groups is 3. The van der Waals surface area contributed by atoms with Gasteiger partial charge in [-0.3, -0.25) is 0 Å². The van der Waals surface area contributed by atoms with Crippen LogP contribution in [0.3, 0.4) is 0 Å². The van der Waals surface area contributed by atoms with Gasteiger partial charge in [0.25, 0.3) is 0 Å². The molecule has 80 valence electrons. The molecule has 1 fully saturated rings. The summed E-state index contributed by atoms with van der Waals surface area (Å²) in [5, 5.41) is 31.9. The molecule has 0 saturated heterocycles. The normalized spacial score (nSPS) is 39.4. The fourth-order valence-electron chi connectivity index (χ4n) is 1.71. The average molecular weight is 201 g/mol. The molecule has 3 N–H and O–H groups in total. The number of hydrogen-bond acceptors (Lipinski definition) is 4. The molecule has 0 spiro atoms. The van der Waals surface area contributed by atoms with Crippen LogP contribution in [-0.4, -0.2) is 39.7 Å². The van der Waals surface area contributed by atoms with E-state index in [-0.39, 0.29) is 0 Å². The summed E-state index contributed by atoms with van der Waals surface area (Å²) < 4.78 is 0. The first-order chi connectivity index (χ1) is 6.66. The lowest BCUT2D eigenvalue weighted by Gasteiger charge is -2.29. The van der Waals surface area contributed by atoms with Gasteiger partial charge < -0.3 is 15.3 Å². The summed E-state index contributed by atoms with van der Waals surface area (Å²) >= 11 is 0. The van der Waals surface area contributed by atoms with Crippen LogP contribution in [0.4, 0.5) is 0 Å². The topological polar surface area (TPSA) is 109 Å². The second-order valence-corrected chi connectivity index (χ2v) is 3.61. The Morgan fingerprint density at radius 1 is 1.07 bits per heavy atom. The zero-order chi connectivity index (χ0) is 10.6. The number of hydrogen-bond donors (Lipinski definition) is 3. The Hall–Kier alpha value is -0.810. The van der Waals surface area contributed by atoms with E-state index in [0.717, 1.165) is 12.8 Å². The molecular weight excluding hydrogens is 186 g/mol. The van der Waals surface area contributed by atoms with Gasteiger partial charge in [0.15, 0.2) is 0 Å². The van der Waals surface area contributed by atoms with Crippen molar-refractivity contribution in [3.05, 3.63) is 10.4 Å². The lowest BCUT2D eigenvalue weighted by atomic mass is 9.90. The molecule has 0 radical (unpaired) electrons. The molecule has 0 aromatic heterocycles. The highest BCUT2D eigenvalue weighted by atomic mass is 16.3. The van der Waals surface area contributed by atoms with Crippen LogP contribution in [0.1, 0.15) is 25.7 Å². The van der Waals surface area contributed by atoms with Crippen molar-refractivity contribution in [2.24, 2.45) is 5.11 Å². The van der Waals surface area contributed by atoms with Crippen LogP contribution in [0, 0.1) is 0 Å². The van der Waals surface area contributed by atoms with E-state index in [1.165, 1.54) is 0 Å². The van der Waals surface area contributed by atoms with Crippen LogP contribution in [0.5, 0.6) is 0 Å². The fourth-order valence-corrected chi connectivity index (χ4v) is 1.71. The molecule has 1 saturated carbocycles. The Balaban J connectivity index is 2.75. The number of nitrogens with zero attached hydrogens (tertiary/aromatic N) is 3. The van der Waals surface area contributed by atoms with Crippen molar-refractivity contribution in [1.82, 2.24) is 0 Å². The lowest BCUT2D eigenvalue weighted by molar-refractivity contribution is -0.0407. The first kappa shape index (κ1) is 11.3. The third-order valence-electron chi connectivity index (χ3n) is 2.57. The van der Waals surface area contributed by atoms with Crippen LogP contribution in [-0.2, 0) is 0 Å². The molecule has 4 atom stereocenters. The second-order valence-electron chi connectivity index (χ2n) is 3.61. The van der Waals surface area contributed by atoms with Crippen molar-refractivity contribution >= 4 is 0 Å².